The highest BCUT2D eigenvalue weighted by molar-refractivity contribution is 9.10. The van der Waals surface area contributed by atoms with Gasteiger partial charge >= 0.3 is 5.97 Å². The van der Waals surface area contributed by atoms with Crippen LogP contribution in [0.4, 0.5) is 4.39 Å². The monoisotopic (exact) mass is 336 g/mol. The highest BCUT2D eigenvalue weighted by Gasteiger charge is 2.09. The van der Waals surface area contributed by atoms with Crippen LogP contribution in [-0.4, -0.2) is 11.1 Å². The number of rotatable bonds is 4. The molecule has 0 bridgehead atoms. The van der Waals surface area contributed by atoms with Crippen molar-refractivity contribution in [3.05, 3.63) is 64.4 Å². The molecule has 0 amide bonds. The van der Waals surface area contributed by atoms with Crippen LogP contribution in [0.3, 0.4) is 0 Å². The third-order valence-corrected chi connectivity index (χ3v) is 3.12. The molecule has 102 valence electrons. The molecule has 0 spiro atoms. The molecule has 0 unspecified atom stereocenters. The van der Waals surface area contributed by atoms with E-state index in [0.29, 0.717) is 5.75 Å². The highest BCUT2D eigenvalue weighted by atomic mass is 79.9. The molecular formula is C15H10BrFO3. The van der Waals surface area contributed by atoms with Gasteiger partial charge in [-0.1, -0.05) is 18.2 Å². The lowest BCUT2D eigenvalue weighted by atomic mass is 10.1. The van der Waals surface area contributed by atoms with Gasteiger partial charge in [-0.05, 0) is 46.3 Å². The van der Waals surface area contributed by atoms with Gasteiger partial charge in [0.2, 0.25) is 0 Å². The highest BCUT2D eigenvalue weighted by Crippen LogP contribution is 2.32. The minimum absolute atomic E-state index is 0.0886. The Kier molecular flexibility index (Phi) is 4.53. The number of aliphatic carboxylic acids is 1. The summed E-state index contributed by atoms with van der Waals surface area (Å²) in [7, 11) is 0. The molecule has 3 nitrogen and oxygen atoms in total. The quantitative estimate of drug-likeness (QED) is 0.837. The molecule has 20 heavy (non-hydrogen) atoms. The lowest BCUT2D eigenvalue weighted by molar-refractivity contribution is -0.131. The first-order chi connectivity index (χ1) is 9.58. The molecule has 2 aromatic carbocycles. The number of carboxylic acids is 1. The van der Waals surface area contributed by atoms with Gasteiger partial charge in [-0.2, -0.15) is 0 Å². The predicted molar refractivity (Wildman–Crippen MR) is 77.3 cm³/mol. The number of ether oxygens (including phenoxy) is 1. The fraction of sp³-hybridized carbons (Fsp3) is 0. The molecule has 1 N–H and O–H groups in total. The summed E-state index contributed by atoms with van der Waals surface area (Å²) in [6.07, 6.45) is 2.04. The predicted octanol–water partition coefficient (Wildman–Crippen LogP) is 4.48. The summed E-state index contributed by atoms with van der Waals surface area (Å²) in [5.74, 6) is -0.940. The first-order valence-corrected chi connectivity index (χ1v) is 6.49. The Morgan fingerprint density at radius 2 is 1.85 bits per heavy atom. The van der Waals surface area contributed by atoms with Gasteiger partial charge < -0.3 is 9.84 Å². The third kappa shape index (κ3) is 3.45. The Labute approximate surface area is 123 Å². The smallest absolute Gasteiger partial charge is 0.328 e. The van der Waals surface area contributed by atoms with Crippen LogP contribution in [0.15, 0.2) is 53.0 Å². The molecule has 0 fully saturated rings. The molecule has 0 aliphatic heterocycles. The summed E-state index contributed by atoms with van der Waals surface area (Å²) < 4.78 is 20.1. The second kappa shape index (κ2) is 6.34. The minimum Gasteiger partial charge on any atom is -0.478 e. The number of carboxylic acid groups (broad SMARTS) is 1. The van der Waals surface area contributed by atoms with Crippen molar-refractivity contribution < 1.29 is 19.0 Å². The zero-order valence-electron chi connectivity index (χ0n) is 10.2. The van der Waals surface area contributed by atoms with Crippen LogP contribution in [0.1, 0.15) is 5.56 Å². The van der Waals surface area contributed by atoms with E-state index in [2.05, 4.69) is 15.9 Å². The topological polar surface area (TPSA) is 46.5 Å². The number of carbonyl (C=O) groups is 1. The number of hydrogen-bond acceptors (Lipinski definition) is 2. The van der Waals surface area contributed by atoms with Gasteiger partial charge in [0.15, 0.2) is 0 Å². The molecule has 0 atom stereocenters. The average Bonchev–Trinajstić information content (AvgIpc) is 2.40. The Balaban J connectivity index is 2.39. The summed E-state index contributed by atoms with van der Waals surface area (Å²) in [5, 5.41) is 8.63. The summed E-state index contributed by atoms with van der Waals surface area (Å²) in [6, 6.07) is 11.4. The van der Waals surface area contributed by atoms with E-state index >= 15 is 0 Å². The largest absolute Gasteiger partial charge is 0.478 e. The Morgan fingerprint density at radius 3 is 2.55 bits per heavy atom. The van der Waals surface area contributed by atoms with Crippen molar-refractivity contribution in [1.29, 1.82) is 0 Å². The van der Waals surface area contributed by atoms with Crippen molar-refractivity contribution >= 4 is 28.0 Å². The van der Waals surface area contributed by atoms with Crippen molar-refractivity contribution in [3.8, 4) is 11.5 Å². The van der Waals surface area contributed by atoms with Gasteiger partial charge in [-0.25, -0.2) is 9.18 Å². The zero-order valence-corrected chi connectivity index (χ0v) is 11.8. The minimum atomic E-state index is -1.15. The van der Waals surface area contributed by atoms with E-state index in [1.165, 1.54) is 18.2 Å². The molecule has 0 radical (unpaired) electrons. The SMILES string of the molecule is O=C(O)/C=C/c1c(F)cccc1Oc1ccccc1Br. The van der Waals surface area contributed by atoms with Crippen LogP contribution in [0, 0.1) is 5.82 Å². The molecule has 0 aliphatic carbocycles. The second-order valence-electron chi connectivity index (χ2n) is 3.86. The molecule has 2 rings (SSSR count). The van der Waals surface area contributed by atoms with Crippen molar-refractivity contribution in [2.75, 3.05) is 0 Å². The maximum absolute atomic E-state index is 13.8. The van der Waals surface area contributed by atoms with E-state index in [4.69, 9.17) is 9.84 Å². The lowest BCUT2D eigenvalue weighted by Crippen LogP contribution is -1.93. The van der Waals surface area contributed by atoms with Crippen LogP contribution in [0.5, 0.6) is 11.5 Å². The summed E-state index contributed by atoms with van der Waals surface area (Å²) in [5.41, 5.74) is 0.0886. The van der Waals surface area contributed by atoms with Gasteiger partial charge in [0.25, 0.3) is 0 Å². The summed E-state index contributed by atoms with van der Waals surface area (Å²) in [6.45, 7) is 0. The van der Waals surface area contributed by atoms with Crippen LogP contribution in [0.25, 0.3) is 6.08 Å². The fourth-order valence-electron chi connectivity index (χ4n) is 1.57. The van der Waals surface area contributed by atoms with E-state index in [1.54, 1.807) is 24.3 Å². The Morgan fingerprint density at radius 1 is 1.15 bits per heavy atom. The molecule has 0 saturated heterocycles. The van der Waals surface area contributed by atoms with Crippen molar-refractivity contribution in [2.24, 2.45) is 0 Å². The van der Waals surface area contributed by atoms with Crippen LogP contribution < -0.4 is 4.74 Å². The van der Waals surface area contributed by atoms with E-state index in [1.807, 2.05) is 6.07 Å². The van der Waals surface area contributed by atoms with Crippen molar-refractivity contribution in [1.82, 2.24) is 0 Å². The van der Waals surface area contributed by atoms with Gasteiger partial charge in [0.1, 0.15) is 17.3 Å². The molecule has 0 aromatic heterocycles. The molecule has 0 aliphatic rings. The first kappa shape index (κ1) is 14.3. The van der Waals surface area contributed by atoms with E-state index in [0.717, 1.165) is 10.5 Å². The normalized spacial score (nSPS) is 10.7. The van der Waals surface area contributed by atoms with Gasteiger partial charge in [-0.3, -0.25) is 0 Å². The van der Waals surface area contributed by atoms with Gasteiger partial charge in [-0.15, -0.1) is 0 Å². The van der Waals surface area contributed by atoms with E-state index in [9.17, 15) is 9.18 Å². The molecule has 0 heterocycles. The zero-order chi connectivity index (χ0) is 14.5. The maximum atomic E-state index is 13.8. The lowest BCUT2D eigenvalue weighted by Gasteiger charge is -2.10. The van der Waals surface area contributed by atoms with Crippen LogP contribution >= 0.6 is 15.9 Å². The van der Waals surface area contributed by atoms with Crippen LogP contribution in [-0.2, 0) is 4.79 Å². The van der Waals surface area contributed by atoms with Crippen molar-refractivity contribution in [2.45, 2.75) is 0 Å². The second-order valence-corrected chi connectivity index (χ2v) is 4.71. The van der Waals surface area contributed by atoms with E-state index in [-0.39, 0.29) is 11.3 Å². The molecule has 5 heteroatoms. The van der Waals surface area contributed by atoms with E-state index < -0.39 is 11.8 Å². The first-order valence-electron chi connectivity index (χ1n) is 5.70. The number of para-hydroxylation sites is 1. The molecule has 0 saturated carbocycles. The summed E-state index contributed by atoms with van der Waals surface area (Å²) in [4.78, 5) is 10.6. The number of hydrogen-bond donors (Lipinski definition) is 1. The Bertz CT molecular complexity index is 668. The van der Waals surface area contributed by atoms with Crippen LogP contribution in [0.2, 0.25) is 0 Å². The van der Waals surface area contributed by atoms with Gasteiger partial charge in [0.05, 0.1) is 10.0 Å². The maximum Gasteiger partial charge on any atom is 0.328 e. The summed E-state index contributed by atoms with van der Waals surface area (Å²) >= 11 is 3.33. The average molecular weight is 337 g/mol. The number of benzene rings is 2. The standard InChI is InChI=1S/C15H10BrFO3/c16-11-4-1-2-6-14(11)20-13-7-3-5-12(17)10(13)8-9-15(18)19/h1-9H,(H,18,19)/b9-8+. The fourth-order valence-corrected chi connectivity index (χ4v) is 1.93. The van der Waals surface area contributed by atoms with Gasteiger partial charge in [0, 0.05) is 6.08 Å². The van der Waals surface area contributed by atoms with Crippen molar-refractivity contribution in [3.63, 3.8) is 0 Å². The Hall–Kier alpha value is -2.14. The third-order valence-electron chi connectivity index (χ3n) is 2.46. The molecule has 2 aromatic rings. The number of halogens is 2. The molecular weight excluding hydrogens is 327 g/mol.